The first-order valence-electron chi connectivity index (χ1n) is 6.74. The molecule has 1 aliphatic rings. The van der Waals surface area contributed by atoms with Crippen LogP contribution in [0.5, 0.6) is 0 Å². The number of hydrogen-bond acceptors (Lipinski definition) is 3. The van der Waals surface area contributed by atoms with Gasteiger partial charge in [-0.15, -0.1) is 0 Å². The average Bonchev–Trinajstić information content (AvgIpc) is 2.47. The fourth-order valence-electron chi connectivity index (χ4n) is 2.73. The Hall–Kier alpha value is -2.36. The minimum Gasteiger partial charge on any atom is -0.478 e. The van der Waals surface area contributed by atoms with Crippen molar-refractivity contribution in [1.82, 2.24) is 4.98 Å². The van der Waals surface area contributed by atoms with Gasteiger partial charge < -0.3 is 10.4 Å². The zero-order valence-electron chi connectivity index (χ0n) is 11.0. The Labute approximate surface area is 117 Å². The van der Waals surface area contributed by atoms with E-state index in [0.29, 0.717) is 5.69 Å². The summed E-state index contributed by atoms with van der Waals surface area (Å²) in [6.07, 6.45) is 5.98. The van der Waals surface area contributed by atoms with Gasteiger partial charge in [-0.3, -0.25) is 4.98 Å². The maximum absolute atomic E-state index is 11.2. The molecule has 0 amide bonds. The first kappa shape index (κ1) is 12.7. The third-order valence-corrected chi connectivity index (χ3v) is 3.76. The van der Waals surface area contributed by atoms with Crippen LogP contribution in [0.1, 0.15) is 27.9 Å². The molecule has 4 nitrogen and oxygen atoms in total. The Bertz CT molecular complexity index is 640. The number of aromatic carboxylic acids is 1. The van der Waals surface area contributed by atoms with Crippen molar-refractivity contribution in [3.63, 3.8) is 0 Å². The molecular formula is C16H16N2O2. The van der Waals surface area contributed by atoms with Crippen LogP contribution in [0.15, 0.2) is 42.7 Å². The van der Waals surface area contributed by atoms with E-state index >= 15 is 0 Å². The van der Waals surface area contributed by atoms with E-state index in [9.17, 15) is 9.90 Å². The molecule has 0 saturated carbocycles. The van der Waals surface area contributed by atoms with Crippen molar-refractivity contribution in [3.8, 4) is 0 Å². The quantitative estimate of drug-likeness (QED) is 0.898. The first-order chi connectivity index (χ1) is 9.74. The summed E-state index contributed by atoms with van der Waals surface area (Å²) in [5.41, 5.74) is 3.63. The van der Waals surface area contributed by atoms with Gasteiger partial charge in [-0.05, 0) is 36.5 Å². The standard InChI is InChI=1S/C16H16N2O2/c19-16(20)14-10-17-8-7-15(14)18-13-6-5-11-3-1-2-4-12(11)9-13/h1-4,7-8,10,13H,5-6,9H2,(H,17,18)(H,19,20). The Morgan fingerprint density at radius 1 is 1.25 bits per heavy atom. The second kappa shape index (κ2) is 5.33. The Balaban J connectivity index is 1.79. The van der Waals surface area contributed by atoms with Gasteiger partial charge in [0.2, 0.25) is 0 Å². The zero-order chi connectivity index (χ0) is 13.9. The number of hydrogen-bond donors (Lipinski definition) is 2. The lowest BCUT2D eigenvalue weighted by atomic mass is 9.88. The molecule has 0 bridgehead atoms. The molecule has 1 atom stereocenters. The minimum atomic E-state index is -0.947. The summed E-state index contributed by atoms with van der Waals surface area (Å²) in [7, 11) is 0. The fraction of sp³-hybridized carbons (Fsp3) is 0.250. The minimum absolute atomic E-state index is 0.228. The van der Waals surface area contributed by atoms with Crippen molar-refractivity contribution in [1.29, 1.82) is 0 Å². The van der Waals surface area contributed by atoms with Crippen LogP contribution in [-0.4, -0.2) is 22.1 Å². The molecule has 1 aromatic heterocycles. The molecule has 20 heavy (non-hydrogen) atoms. The molecule has 0 fully saturated rings. The number of carboxylic acids is 1. The lowest BCUT2D eigenvalue weighted by molar-refractivity contribution is 0.0697. The predicted octanol–water partition coefficient (Wildman–Crippen LogP) is 2.75. The van der Waals surface area contributed by atoms with Gasteiger partial charge in [0.25, 0.3) is 0 Å². The zero-order valence-corrected chi connectivity index (χ0v) is 11.0. The molecule has 2 aromatic rings. The molecular weight excluding hydrogens is 252 g/mol. The van der Waals surface area contributed by atoms with Gasteiger partial charge >= 0.3 is 5.97 Å². The normalized spacial score (nSPS) is 17.3. The van der Waals surface area contributed by atoms with Crippen LogP contribution in [0.3, 0.4) is 0 Å². The SMILES string of the molecule is O=C(O)c1cnccc1NC1CCc2ccccc2C1. The number of benzene rings is 1. The predicted molar refractivity (Wildman–Crippen MR) is 77.1 cm³/mol. The number of carbonyl (C=O) groups is 1. The number of aryl methyl sites for hydroxylation is 1. The molecule has 1 aliphatic carbocycles. The van der Waals surface area contributed by atoms with Crippen LogP contribution in [0, 0.1) is 0 Å². The molecule has 1 aromatic carbocycles. The molecule has 2 N–H and O–H groups in total. The topological polar surface area (TPSA) is 62.2 Å². The number of nitrogens with zero attached hydrogens (tertiary/aromatic N) is 1. The monoisotopic (exact) mass is 268 g/mol. The molecule has 0 spiro atoms. The second-order valence-corrected chi connectivity index (χ2v) is 5.08. The van der Waals surface area contributed by atoms with Crippen LogP contribution >= 0.6 is 0 Å². The number of nitrogens with one attached hydrogen (secondary N) is 1. The largest absolute Gasteiger partial charge is 0.478 e. The van der Waals surface area contributed by atoms with E-state index in [0.717, 1.165) is 19.3 Å². The highest BCUT2D eigenvalue weighted by molar-refractivity contribution is 5.93. The highest BCUT2D eigenvalue weighted by Crippen LogP contribution is 2.24. The third-order valence-electron chi connectivity index (χ3n) is 3.76. The van der Waals surface area contributed by atoms with E-state index in [4.69, 9.17) is 0 Å². The van der Waals surface area contributed by atoms with Crippen molar-refractivity contribution in [2.45, 2.75) is 25.3 Å². The van der Waals surface area contributed by atoms with Crippen molar-refractivity contribution >= 4 is 11.7 Å². The molecule has 0 radical (unpaired) electrons. The van der Waals surface area contributed by atoms with E-state index in [1.807, 2.05) is 0 Å². The number of anilines is 1. The molecule has 1 unspecified atom stereocenters. The Morgan fingerprint density at radius 3 is 2.85 bits per heavy atom. The fourth-order valence-corrected chi connectivity index (χ4v) is 2.73. The number of aromatic nitrogens is 1. The highest BCUT2D eigenvalue weighted by Gasteiger charge is 2.20. The van der Waals surface area contributed by atoms with Crippen LogP contribution in [0.2, 0.25) is 0 Å². The summed E-state index contributed by atoms with van der Waals surface area (Å²) < 4.78 is 0. The summed E-state index contributed by atoms with van der Waals surface area (Å²) in [6, 6.07) is 10.4. The van der Waals surface area contributed by atoms with Gasteiger partial charge in [0.15, 0.2) is 0 Å². The van der Waals surface area contributed by atoms with E-state index in [2.05, 4.69) is 34.6 Å². The maximum atomic E-state index is 11.2. The van der Waals surface area contributed by atoms with Crippen molar-refractivity contribution in [2.75, 3.05) is 5.32 Å². The third kappa shape index (κ3) is 2.50. The van der Waals surface area contributed by atoms with E-state index in [-0.39, 0.29) is 11.6 Å². The van der Waals surface area contributed by atoms with Crippen molar-refractivity contribution < 1.29 is 9.90 Å². The smallest absolute Gasteiger partial charge is 0.339 e. The summed E-state index contributed by atoms with van der Waals surface area (Å²) >= 11 is 0. The van der Waals surface area contributed by atoms with Crippen LogP contribution in [0.4, 0.5) is 5.69 Å². The van der Waals surface area contributed by atoms with Crippen LogP contribution in [0.25, 0.3) is 0 Å². The van der Waals surface area contributed by atoms with Crippen LogP contribution in [-0.2, 0) is 12.8 Å². The summed E-state index contributed by atoms with van der Waals surface area (Å²) in [5.74, 6) is -0.947. The molecule has 4 heteroatoms. The number of carboxylic acid groups (broad SMARTS) is 1. The van der Waals surface area contributed by atoms with Gasteiger partial charge in [-0.2, -0.15) is 0 Å². The van der Waals surface area contributed by atoms with Crippen LogP contribution < -0.4 is 5.32 Å². The first-order valence-corrected chi connectivity index (χ1v) is 6.74. The van der Waals surface area contributed by atoms with E-state index in [1.54, 1.807) is 12.3 Å². The molecule has 3 rings (SSSR count). The van der Waals surface area contributed by atoms with Gasteiger partial charge in [0.05, 0.1) is 5.69 Å². The van der Waals surface area contributed by atoms with E-state index < -0.39 is 5.97 Å². The average molecular weight is 268 g/mol. The Kier molecular flexibility index (Phi) is 3.37. The second-order valence-electron chi connectivity index (χ2n) is 5.08. The molecule has 102 valence electrons. The van der Waals surface area contributed by atoms with Gasteiger partial charge in [-0.1, -0.05) is 24.3 Å². The summed E-state index contributed by atoms with van der Waals surface area (Å²) in [4.78, 5) is 15.1. The maximum Gasteiger partial charge on any atom is 0.339 e. The molecule has 1 heterocycles. The number of rotatable bonds is 3. The number of pyridine rings is 1. The molecule has 0 aliphatic heterocycles. The van der Waals surface area contributed by atoms with E-state index in [1.165, 1.54) is 17.3 Å². The van der Waals surface area contributed by atoms with Crippen molar-refractivity contribution in [3.05, 3.63) is 59.4 Å². The molecule has 0 saturated heterocycles. The number of fused-ring (bicyclic) bond motifs is 1. The van der Waals surface area contributed by atoms with Gasteiger partial charge in [0, 0.05) is 18.4 Å². The highest BCUT2D eigenvalue weighted by atomic mass is 16.4. The lowest BCUT2D eigenvalue weighted by Gasteiger charge is -2.26. The van der Waals surface area contributed by atoms with Gasteiger partial charge in [0.1, 0.15) is 5.56 Å². The van der Waals surface area contributed by atoms with Gasteiger partial charge in [-0.25, -0.2) is 4.79 Å². The Morgan fingerprint density at radius 2 is 2.05 bits per heavy atom. The summed E-state index contributed by atoms with van der Waals surface area (Å²) in [6.45, 7) is 0. The lowest BCUT2D eigenvalue weighted by Crippen LogP contribution is -2.28. The summed E-state index contributed by atoms with van der Waals surface area (Å²) in [5, 5.41) is 12.5. The van der Waals surface area contributed by atoms with Crippen molar-refractivity contribution in [2.24, 2.45) is 0 Å².